The first-order chi connectivity index (χ1) is 20.0. The van der Waals surface area contributed by atoms with Crippen LogP contribution in [0.1, 0.15) is 35.9 Å². The molecule has 2 aromatic heterocycles. The van der Waals surface area contributed by atoms with Gasteiger partial charge in [0.1, 0.15) is 24.2 Å². The molecule has 0 fully saturated rings. The third kappa shape index (κ3) is 5.03. The fraction of sp³-hybridized carbons (Fsp3) is 0.156. The average molecular weight is 585 g/mol. The second kappa shape index (κ2) is 11.3. The van der Waals surface area contributed by atoms with E-state index >= 15 is 0 Å². The number of esters is 1. The minimum absolute atomic E-state index is 0.0353. The molecule has 3 heterocycles. The van der Waals surface area contributed by atoms with Gasteiger partial charge < -0.3 is 9.47 Å². The third-order valence-electron chi connectivity index (χ3n) is 6.88. The average Bonchev–Trinajstić information content (AvgIpc) is 3.61. The molecule has 0 saturated carbocycles. The first-order valence-electron chi connectivity index (χ1n) is 13.1. The Hall–Kier alpha value is -4.34. The van der Waals surface area contributed by atoms with E-state index in [1.807, 2.05) is 53.9 Å². The van der Waals surface area contributed by atoms with Crippen LogP contribution in [0, 0.1) is 5.82 Å². The number of fused-ring (bicyclic) bond motifs is 2. The number of hydrogen-bond donors (Lipinski definition) is 0. The molecular weight excluding hydrogens is 559 g/mol. The minimum atomic E-state index is -0.642. The van der Waals surface area contributed by atoms with E-state index in [-0.39, 0.29) is 24.6 Å². The largest absolute Gasteiger partial charge is 0.488 e. The van der Waals surface area contributed by atoms with Gasteiger partial charge in [0, 0.05) is 16.0 Å². The van der Waals surface area contributed by atoms with Gasteiger partial charge in [0.05, 0.1) is 22.4 Å². The zero-order valence-electron chi connectivity index (χ0n) is 22.3. The van der Waals surface area contributed by atoms with Gasteiger partial charge in [0.2, 0.25) is 0 Å². The molecule has 6 nitrogen and oxygen atoms in total. The van der Waals surface area contributed by atoms with Crippen LogP contribution in [0.3, 0.4) is 0 Å². The number of nitrogens with zero attached hydrogens (tertiary/aromatic N) is 2. The molecule has 0 saturated heterocycles. The lowest BCUT2D eigenvalue weighted by Gasteiger charge is -2.23. The molecule has 0 radical (unpaired) electrons. The lowest BCUT2D eigenvalue weighted by atomic mass is 10.0. The summed E-state index contributed by atoms with van der Waals surface area (Å²) in [5.74, 6) is -0.306. The van der Waals surface area contributed by atoms with Crippen molar-refractivity contribution in [3.05, 3.63) is 131 Å². The second-order valence-corrected chi connectivity index (χ2v) is 11.4. The molecule has 0 N–H and O–H groups in total. The van der Waals surface area contributed by atoms with Crippen molar-refractivity contribution in [2.45, 2.75) is 26.5 Å². The number of thiazole rings is 1. The van der Waals surface area contributed by atoms with E-state index in [1.165, 1.54) is 28.7 Å². The van der Waals surface area contributed by atoms with E-state index < -0.39 is 12.0 Å². The molecule has 0 aliphatic carbocycles. The van der Waals surface area contributed by atoms with Gasteiger partial charge in [-0.1, -0.05) is 65.9 Å². The van der Waals surface area contributed by atoms with Crippen molar-refractivity contribution >= 4 is 45.5 Å². The van der Waals surface area contributed by atoms with Crippen molar-refractivity contribution in [2.24, 2.45) is 4.99 Å². The maximum absolute atomic E-state index is 14.3. The summed E-state index contributed by atoms with van der Waals surface area (Å²) in [6.07, 6.45) is 1.80. The van der Waals surface area contributed by atoms with E-state index in [1.54, 1.807) is 42.7 Å². The van der Waals surface area contributed by atoms with E-state index in [2.05, 4.69) is 4.99 Å². The van der Waals surface area contributed by atoms with Crippen LogP contribution in [0.2, 0.25) is 0 Å². The molecule has 1 aliphatic heterocycles. The molecule has 41 heavy (non-hydrogen) atoms. The molecule has 6 rings (SSSR count). The molecular formula is C32H25FN2O4S2. The number of thiophene rings is 1. The number of halogens is 1. The van der Waals surface area contributed by atoms with Crippen molar-refractivity contribution in [2.75, 3.05) is 6.61 Å². The lowest BCUT2D eigenvalue weighted by Crippen LogP contribution is -2.39. The molecule has 0 spiro atoms. The summed E-state index contributed by atoms with van der Waals surface area (Å²) in [6, 6.07) is 21.2. The zero-order valence-corrected chi connectivity index (χ0v) is 23.9. The SMILES string of the molecule is CCOC(=O)C1=C(C)N=c2s/c(=C\c3c(OCc4ccccc4F)ccc4ccccc34)c(=O)n2[C@@H]1c1cccs1. The molecule has 0 bridgehead atoms. The van der Waals surface area contributed by atoms with Crippen molar-refractivity contribution in [3.8, 4) is 5.75 Å². The highest BCUT2D eigenvalue weighted by molar-refractivity contribution is 7.10. The molecule has 5 aromatic rings. The fourth-order valence-electron chi connectivity index (χ4n) is 4.96. The topological polar surface area (TPSA) is 69.9 Å². The first kappa shape index (κ1) is 26.9. The zero-order chi connectivity index (χ0) is 28.5. The Morgan fingerprint density at radius 3 is 2.66 bits per heavy atom. The highest BCUT2D eigenvalue weighted by atomic mass is 32.1. The van der Waals surface area contributed by atoms with Crippen LogP contribution in [0.25, 0.3) is 16.8 Å². The maximum atomic E-state index is 14.3. The Balaban J connectivity index is 1.52. The van der Waals surface area contributed by atoms with E-state index in [0.717, 1.165) is 15.6 Å². The summed E-state index contributed by atoms with van der Waals surface area (Å²) in [5, 5.41) is 3.78. The molecule has 3 aromatic carbocycles. The van der Waals surface area contributed by atoms with Gasteiger partial charge in [-0.05, 0) is 54.3 Å². The van der Waals surface area contributed by atoms with E-state index in [4.69, 9.17) is 9.47 Å². The predicted molar refractivity (Wildman–Crippen MR) is 159 cm³/mol. The highest BCUT2D eigenvalue weighted by Crippen LogP contribution is 2.33. The molecule has 0 amide bonds. The second-order valence-electron chi connectivity index (χ2n) is 9.40. The summed E-state index contributed by atoms with van der Waals surface area (Å²) in [5.41, 5.74) is 1.75. The normalized spacial score (nSPS) is 15.1. The van der Waals surface area contributed by atoms with Gasteiger partial charge in [0.25, 0.3) is 5.56 Å². The van der Waals surface area contributed by atoms with Gasteiger partial charge in [-0.3, -0.25) is 9.36 Å². The number of ether oxygens (including phenoxy) is 2. The predicted octanol–water partition coefficient (Wildman–Crippen LogP) is 5.73. The van der Waals surface area contributed by atoms with Crippen LogP contribution in [0.5, 0.6) is 5.75 Å². The number of carbonyl (C=O) groups is 1. The number of carbonyl (C=O) groups excluding carboxylic acids is 1. The molecule has 1 aliphatic rings. The van der Waals surface area contributed by atoms with E-state index in [9.17, 15) is 14.0 Å². The van der Waals surface area contributed by atoms with Crippen molar-refractivity contribution in [1.82, 2.24) is 4.57 Å². The Labute approximate surface area is 243 Å². The van der Waals surface area contributed by atoms with Crippen LogP contribution in [-0.2, 0) is 16.1 Å². The number of rotatable bonds is 7. The lowest BCUT2D eigenvalue weighted by molar-refractivity contribution is -0.139. The van der Waals surface area contributed by atoms with Gasteiger partial charge in [-0.15, -0.1) is 11.3 Å². The molecule has 206 valence electrons. The maximum Gasteiger partial charge on any atom is 0.338 e. The molecule has 1 atom stereocenters. The van der Waals surface area contributed by atoms with Gasteiger partial charge in [-0.2, -0.15) is 0 Å². The van der Waals surface area contributed by atoms with E-state index in [0.29, 0.717) is 37.5 Å². The minimum Gasteiger partial charge on any atom is -0.488 e. The molecule has 0 unspecified atom stereocenters. The van der Waals surface area contributed by atoms with Crippen molar-refractivity contribution in [3.63, 3.8) is 0 Å². The van der Waals surface area contributed by atoms with Crippen LogP contribution in [0.4, 0.5) is 4.39 Å². The number of hydrogen-bond acceptors (Lipinski definition) is 7. The Morgan fingerprint density at radius 2 is 1.88 bits per heavy atom. The van der Waals surface area contributed by atoms with Crippen LogP contribution < -0.4 is 19.6 Å². The fourth-order valence-corrected chi connectivity index (χ4v) is 6.81. The number of aromatic nitrogens is 1. The highest BCUT2D eigenvalue weighted by Gasteiger charge is 2.34. The van der Waals surface area contributed by atoms with Gasteiger partial charge in [-0.25, -0.2) is 14.2 Å². The van der Waals surface area contributed by atoms with Crippen LogP contribution in [0.15, 0.2) is 99.2 Å². The van der Waals surface area contributed by atoms with Gasteiger partial charge >= 0.3 is 5.97 Å². The Morgan fingerprint density at radius 1 is 1.07 bits per heavy atom. The number of benzene rings is 3. The summed E-state index contributed by atoms with van der Waals surface area (Å²) in [6.45, 7) is 3.77. The van der Waals surface area contributed by atoms with Gasteiger partial charge in [0.15, 0.2) is 4.80 Å². The Kier molecular flexibility index (Phi) is 7.38. The monoisotopic (exact) mass is 584 g/mol. The third-order valence-corrected chi connectivity index (χ3v) is 8.78. The van der Waals surface area contributed by atoms with Crippen LogP contribution >= 0.6 is 22.7 Å². The smallest absolute Gasteiger partial charge is 0.338 e. The quantitative estimate of drug-likeness (QED) is 0.229. The first-order valence-corrected chi connectivity index (χ1v) is 14.8. The Bertz CT molecular complexity index is 1990. The number of allylic oxidation sites excluding steroid dienone is 1. The summed E-state index contributed by atoms with van der Waals surface area (Å²) in [7, 11) is 0. The standard InChI is InChI=1S/C32H25FN2O4S2/c1-3-38-31(37)28-19(2)34-32-35(29(28)26-13-8-16-40-26)30(36)27(41-32)17-23-22-11-6-4-9-20(22)14-15-25(23)39-18-21-10-5-7-12-24(21)33/h4-17,29H,3,18H2,1-2H3/b27-17-/t29-/m1/s1. The summed E-state index contributed by atoms with van der Waals surface area (Å²) >= 11 is 2.72. The summed E-state index contributed by atoms with van der Waals surface area (Å²) < 4.78 is 27.8. The summed E-state index contributed by atoms with van der Waals surface area (Å²) in [4.78, 5) is 33.1. The van der Waals surface area contributed by atoms with Crippen molar-refractivity contribution in [1.29, 1.82) is 0 Å². The van der Waals surface area contributed by atoms with Crippen LogP contribution in [-0.4, -0.2) is 17.1 Å². The molecule has 9 heteroatoms. The van der Waals surface area contributed by atoms with Crippen molar-refractivity contribution < 1.29 is 18.7 Å².